The lowest BCUT2D eigenvalue weighted by Crippen LogP contribution is -2.45. The summed E-state index contributed by atoms with van der Waals surface area (Å²) in [4.78, 5) is 17.9. The van der Waals surface area contributed by atoms with Crippen LogP contribution in [0.2, 0.25) is 0 Å². The number of piperidine rings is 1. The Bertz CT molecular complexity index is 1090. The third-order valence-corrected chi connectivity index (χ3v) is 6.29. The summed E-state index contributed by atoms with van der Waals surface area (Å²) in [6.07, 6.45) is 1.96. The standard InChI is InChI=1S/C23H27N3O3/c1-15-11-21-22(12-16(15)2)29-18(14-28-21)13-25-9-7-17(8-10-25)26-20-6-4-3-5-19(20)24-23(26)27/h3-6,11-12,17-18H,7-10,13-14H2,1-2H3,(H,24,27). The van der Waals surface area contributed by atoms with E-state index in [9.17, 15) is 4.79 Å². The Balaban J connectivity index is 1.23. The van der Waals surface area contributed by atoms with Gasteiger partial charge in [-0.1, -0.05) is 12.1 Å². The zero-order chi connectivity index (χ0) is 20.0. The molecule has 6 nitrogen and oxygen atoms in total. The lowest BCUT2D eigenvalue weighted by Gasteiger charge is -2.36. The van der Waals surface area contributed by atoms with E-state index in [0.29, 0.717) is 6.61 Å². The van der Waals surface area contributed by atoms with Crippen molar-refractivity contribution in [1.29, 1.82) is 0 Å². The molecule has 1 N–H and O–H groups in total. The van der Waals surface area contributed by atoms with Gasteiger partial charge in [-0.05, 0) is 62.1 Å². The minimum Gasteiger partial charge on any atom is -0.486 e. The highest BCUT2D eigenvalue weighted by molar-refractivity contribution is 5.75. The number of para-hydroxylation sites is 2. The molecule has 152 valence electrons. The summed E-state index contributed by atoms with van der Waals surface area (Å²) in [5.41, 5.74) is 4.36. The van der Waals surface area contributed by atoms with Crippen molar-refractivity contribution in [2.45, 2.75) is 38.8 Å². The number of benzene rings is 2. The van der Waals surface area contributed by atoms with Crippen molar-refractivity contribution in [3.8, 4) is 11.5 Å². The van der Waals surface area contributed by atoms with E-state index < -0.39 is 0 Å². The number of nitrogens with zero attached hydrogens (tertiary/aromatic N) is 2. The maximum absolute atomic E-state index is 12.5. The molecule has 0 saturated carbocycles. The molecule has 0 radical (unpaired) electrons. The number of aryl methyl sites for hydroxylation is 2. The first-order valence-corrected chi connectivity index (χ1v) is 10.4. The van der Waals surface area contributed by atoms with Crippen molar-refractivity contribution in [1.82, 2.24) is 14.5 Å². The number of fused-ring (bicyclic) bond motifs is 2. The van der Waals surface area contributed by atoms with Crippen LogP contribution in [0, 0.1) is 13.8 Å². The van der Waals surface area contributed by atoms with Crippen LogP contribution in [0.1, 0.15) is 30.0 Å². The molecule has 3 heterocycles. The van der Waals surface area contributed by atoms with Gasteiger partial charge in [-0.15, -0.1) is 0 Å². The second kappa shape index (κ2) is 7.26. The molecule has 1 unspecified atom stereocenters. The second-order valence-electron chi connectivity index (χ2n) is 8.28. The molecule has 0 amide bonds. The summed E-state index contributed by atoms with van der Waals surface area (Å²) in [7, 11) is 0. The zero-order valence-corrected chi connectivity index (χ0v) is 17.0. The number of nitrogens with one attached hydrogen (secondary N) is 1. The number of likely N-dealkylation sites (tertiary alicyclic amines) is 1. The molecular weight excluding hydrogens is 366 g/mol. The normalized spacial score (nSPS) is 20.3. The molecule has 1 aromatic heterocycles. The summed E-state index contributed by atoms with van der Waals surface area (Å²) in [5, 5.41) is 0. The van der Waals surface area contributed by atoms with Crippen LogP contribution in [0.15, 0.2) is 41.2 Å². The maximum atomic E-state index is 12.5. The van der Waals surface area contributed by atoms with Gasteiger partial charge >= 0.3 is 5.69 Å². The predicted octanol–water partition coefficient (Wildman–Crippen LogP) is 3.42. The van der Waals surface area contributed by atoms with Crippen LogP contribution in [0.4, 0.5) is 0 Å². The van der Waals surface area contributed by atoms with Gasteiger partial charge in [-0.2, -0.15) is 0 Å². The van der Waals surface area contributed by atoms with Gasteiger partial charge in [0.2, 0.25) is 0 Å². The van der Waals surface area contributed by atoms with Crippen LogP contribution < -0.4 is 15.2 Å². The number of hydrogen-bond donors (Lipinski definition) is 1. The number of hydrogen-bond acceptors (Lipinski definition) is 4. The minimum absolute atomic E-state index is 0.00376. The zero-order valence-electron chi connectivity index (χ0n) is 17.0. The fourth-order valence-electron chi connectivity index (χ4n) is 4.54. The van der Waals surface area contributed by atoms with E-state index in [4.69, 9.17) is 9.47 Å². The van der Waals surface area contributed by atoms with Gasteiger partial charge in [0.25, 0.3) is 0 Å². The quantitative estimate of drug-likeness (QED) is 0.741. The Morgan fingerprint density at radius 1 is 1.07 bits per heavy atom. The summed E-state index contributed by atoms with van der Waals surface area (Å²) >= 11 is 0. The van der Waals surface area contributed by atoms with Crippen LogP contribution in [0.25, 0.3) is 11.0 Å². The third kappa shape index (κ3) is 3.42. The first kappa shape index (κ1) is 18.3. The predicted molar refractivity (Wildman–Crippen MR) is 113 cm³/mol. The fourth-order valence-corrected chi connectivity index (χ4v) is 4.54. The van der Waals surface area contributed by atoms with Crippen molar-refractivity contribution >= 4 is 11.0 Å². The van der Waals surface area contributed by atoms with E-state index in [1.54, 1.807) is 0 Å². The Morgan fingerprint density at radius 2 is 1.79 bits per heavy atom. The van der Waals surface area contributed by atoms with E-state index in [-0.39, 0.29) is 17.8 Å². The SMILES string of the molecule is Cc1cc2c(cc1C)OC(CN1CCC(n3c(=O)[nH]c4ccccc43)CC1)CO2. The van der Waals surface area contributed by atoms with Crippen LogP contribution in [-0.2, 0) is 0 Å². The van der Waals surface area contributed by atoms with Crippen molar-refractivity contribution in [3.63, 3.8) is 0 Å². The lowest BCUT2D eigenvalue weighted by molar-refractivity contribution is 0.0484. The Labute approximate surface area is 170 Å². The molecule has 2 aliphatic rings. The number of imidazole rings is 1. The number of aromatic amines is 1. The van der Waals surface area contributed by atoms with Gasteiger partial charge in [0.1, 0.15) is 12.7 Å². The van der Waals surface area contributed by atoms with Gasteiger partial charge in [0, 0.05) is 25.7 Å². The summed E-state index contributed by atoms with van der Waals surface area (Å²) in [6, 6.07) is 12.3. The van der Waals surface area contributed by atoms with Crippen LogP contribution in [-0.4, -0.2) is 46.8 Å². The molecule has 0 aliphatic carbocycles. The molecule has 6 heteroatoms. The molecule has 1 atom stereocenters. The molecule has 1 fully saturated rings. The van der Waals surface area contributed by atoms with Gasteiger partial charge in [0.15, 0.2) is 11.5 Å². The average Bonchev–Trinajstić information content (AvgIpc) is 3.05. The maximum Gasteiger partial charge on any atom is 0.326 e. The van der Waals surface area contributed by atoms with Gasteiger partial charge in [0.05, 0.1) is 11.0 Å². The molecule has 29 heavy (non-hydrogen) atoms. The van der Waals surface area contributed by atoms with E-state index in [1.165, 1.54) is 11.1 Å². The topological polar surface area (TPSA) is 59.5 Å². The Kier molecular flexibility index (Phi) is 4.59. The number of rotatable bonds is 3. The Hall–Kier alpha value is -2.73. The average molecular weight is 393 g/mol. The largest absolute Gasteiger partial charge is 0.486 e. The molecule has 5 rings (SSSR count). The van der Waals surface area contributed by atoms with E-state index >= 15 is 0 Å². The van der Waals surface area contributed by atoms with Crippen LogP contribution in [0.5, 0.6) is 11.5 Å². The van der Waals surface area contributed by atoms with Gasteiger partial charge in [-0.3, -0.25) is 9.47 Å². The summed E-state index contributed by atoms with van der Waals surface area (Å²) < 4.78 is 14.1. The third-order valence-electron chi connectivity index (χ3n) is 6.29. The van der Waals surface area contributed by atoms with E-state index in [2.05, 4.69) is 35.9 Å². The summed E-state index contributed by atoms with van der Waals surface area (Å²) in [5.74, 6) is 1.70. The highest BCUT2D eigenvalue weighted by Gasteiger charge is 2.28. The minimum atomic E-state index is -0.00376. The molecule has 1 saturated heterocycles. The Morgan fingerprint density at radius 3 is 2.59 bits per heavy atom. The molecular formula is C23H27N3O3. The summed E-state index contributed by atoms with van der Waals surface area (Å²) in [6.45, 7) is 7.53. The smallest absolute Gasteiger partial charge is 0.326 e. The lowest BCUT2D eigenvalue weighted by atomic mass is 10.0. The monoisotopic (exact) mass is 393 g/mol. The van der Waals surface area contributed by atoms with Crippen LogP contribution in [0.3, 0.4) is 0 Å². The van der Waals surface area contributed by atoms with Crippen molar-refractivity contribution < 1.29 is 9.47 Å². The second-order valence-corrected chi connectivity index (χ2v) is 8.28. The highest BCUT2D eigenvalue weighted by atomic mass is 16.6. The first-order chi connectivity index (χ1) is 14.1. The first-order valence-electron chi connectivity index (χ1n) is 10.4. The molecule has 2 aliphatic heterocycles. The molecule has 0 bridgehead atoms. The molecule has 3 aromatic rings. The number of H-pyrrole nitrogens is 1. The van der Waals surface area contributed by atoms with Crippen molar-refractivity contribution in [3.05, 3.63) is 58.0 Å². The van der Waals surface area contributed by atoms with Crippen molar-refractivity contribution in [2.24, 2.45) is 0 Å². The fraction of sp³-hybridized carbons (Fsp3) is 0.435. The van der Waals surface area contributed by atoms with Gasteiger partial charge in [-0.25, -0.2) is 4.79 Å². The highest BCUT2D eigenvalue weighted by Crippen LogP contribution is 2.34. The van der Waals surface area contributed by atoms with Crippen molar-refractivity contribution in [2.75, 3.05) is 26.2 Å². The number of aromatic nitrogens is 2. The van der Waals surface area contributed by atoms with E-state index in [1.807, 2.05) is 28.8 Å². The van der Waals surface area contributed by atoms with Gasteiger partial charge < -0.3 is 14.5 Å². The van der Waals surface area contributed by atoms with E-state index in [0.717, 1.165) is 55.0 Å². The molecule has 0 spiro atoms. The number of ether oxygens (including phenoxy) is 2. The van der Waals surface area contributed by atoms with Crippen LogP contribution >= 0.6 is 0 Å². The molecule has 2 aromatic carbocycles.